The van der Waals surface area contributed by atoms with Gasteiger partial charge in [-0.05, 0) is 44.4 Å². The first-order chi connectivity index (χ1) is 9.49. The summed E-state index contributed by atoms with van der Waals surface area (Å²) in [5, 5.41) is 0. The summed E-state index contributed by atoms with van der Waals surface area (Å²) < 4.78 is 6.95. The van der Waals surface area contributed by atoms with Gasteiger partial charge in [0.25, 0.3) is 0 Å². The van der Waals surface area contributed by atoms with Crippen LogP contribution in [-0.4, -0.2) is 31.3 Å². The quantitative estimate of drug-likeness (QED) is 0.913. The molecule has 0 radical (unpaired) electrons. The van der Waals surface area contributed by atoms with Gasteiger partial charge in [0.15, 0.2) is 0 Å². The molecule has 0 bridgehead atoms. The fourth-order valence-corrected chi connectivity index (χ4v) is 3.15. The minimum absolute atomic E-state index is 0.228. The van der Waals surface area contributed by atoms with E-state index in [-0.39, 0.29) is 18.2 Å². The lowest BCUT2D eigenvalue weighted by atomic mass is 10.0. The van der Waals surface area contributed by atoms with Gasteiger partial charge in [0.2, 0.25) is 0 Å². The fraction of sp³-hybridized carbons (Fsp3) is 0.625. The molecule has 1 heterocycles. The predicted molar refractivity (Wildman–Crippen MR) is 88.3 cm³/mol. The van der Waals surface area contributed by atoms with Crippen LogP contribution in [0.1, 0.15) is 32.8 Å². The van der Waals surface area contributed by atoms with Crippen molar-refractivity contribution >= 4 is 21.6 Å². The SMILES string of the molecule is CCC(N)Cc1ccc(Br)cc1N1CC(C)OC(C)C1. The summed E-state index contributed by atoms with van der Waals surface area (Å²) in [6.45, 7) is 8.29. The summed E-state index contributed by atoms with van der Waals surface area (Å²) in [6.07, 6.45) is 2.47. The van der Waals surface area contributed by atoms with Crippen molar-refractivity contribution in [3.05, 3.63) is 28.2 Å². The third-order valence-electron chi connectivity index (χ3n) is 3.81. The van der Waals surface area contributed by atoms with Crippen molar-refractivity contribution in [2.45, 2.75) is 51.9 Å². The van der Waals surface area contributed by atoms with Gasteiger partial charge in [-0.15, -0.1) is 0 Å². The van der Waals surface area contributed by atoms with Gasteiger partial charge in [0.05, 0.1) is 12.2 Å². The number of halogens is 1. The Labute approximate surface area is 130 Å². The van der Waals surface area contributed by atoms with Gasteiger partial charge in [-0.3, -0.25) is 0 Å². The lowest BCUT2D eigenvalue weighted by molar-refractivity contribution is -0.00526. The van der Waals surface area contributed by atoms with E-state index in [1.54, 1.807) is 0 Å². The molecular formula is C16H25BrN2O. The normalized spacial score (nSPS) is 24.8. The molecule has 3 nitrogen and oxygen atoms in total. The number of nitrogens with zero attached hydrogens (tertiary/aromatic N) is 1. The van der Waals surface area contributed by atoms with E-state index in [1.165, 1.54) is 11.3 Å². The van der Waals surface area contributed by atoms with Crippen molar-refractivity contribution in [3.63, 3.8) is 0 Å². The number of rotatable bonds is 4. The average Bonchev–Trinajstić information content (AvgIpc) is 2.39. The smallest absolute Gasteiger partial charge is 0.0726 e. The molecule has 3 unspecified atom stereocenters. The first-order valence-corrected chi connectivity index (χ1v) is 8.23. The highest BCUT2D eigenvalue weighted by Gasteiger charge is 2.24. The van der Waals surface area contributed by atoms with E-state index < -0.39 is 0 Å². The Morgan fingerprint density at radius 1 is 1.35 bits per heavy atom. The van der Waals surface area contributed by atoms with Gasteiger partial charge in [0.1, 0.15) is 0 Å². The Hall–Kier alpha value is -0.580. The van der Waals surface area contributed by atoms with Gasteiger partial charge < -0.3 is 15.4 Å². The van der Waals surface area contributed by atoms with E-state index in [9.17, 15) is 0 Å². The lowest BCUT2D eigenvalue weighted by Crippen LogP contribution is -2.46. The number of benzene rings is 1. The van der Waals surface area contributed by atoms with E-state index in [0.717, 1.165) is 30.4 Å². The topological polar surface area (TPSA) is 38.5 Å². The molecule has 1 aliphatic heterocycles. The number of nitrogens with two attached hydrogens (primary N) is 1. The van der Waals surface area contributed by atoms with E-state index in [4.69, 9.17) is 10.5 Å². The van der Waals surface area contributed by atoms with Crippen molar-refractivity contribution in [1.29, 1.82) is 0 Å². The molecule has 0 saturated carbocycles. The monoisotopic (exact) mass is 340 g/mol. The van der Waals surface area contributed by atoms with E-state index in [0.29, 0.717) is 0 Å². The predicted octanol–water partition coefficient (Wildman–Crippen LogP) is 3.34. The summed E-state index contributed by atoms with van der Waals surface area (Å²) in [4.78, 5) is 2.43. The molecule has 2 N–H and O–H groups in total. The summed E-state index contributed by atoms with van der Waals surface area (Å²) >= 11 is 3.59. The van der Waals surface area contributed by atoms with Crippen molar-refractivity contribution in [2.75, 3.05) is 18.0 Å². The fourth-order valence-electron chi connectivity index (χ4n) is 2.81. The zero-order valence-electron chi connectivity index (χ0n) is 12.6. The Morgan fingerprint density at radius 2 is 2.00 bits per heavy atom. The van der Waals surface area contributed by atoms with Crippen LogP contribution in [0.15, 0.2) is 22.7 Å². The molecule has 0 spiro atoms. The van der Waals surface area contributed by atoms with Crippen LogP contribution in [0.4, 0.5) is 5.69 Å². The van der Waals surface area contributed by atoms with Gasteiger partial charge in [-0.2, -0.15) is 0 Å². The molecule has 1 fully saturated rings. The van der Waals surface area contributed by atoms with E-state index in [1.807, 2.05) is 0 Å². The molecule has 112 valence electrons. The molecule has 0 aliphatic carbocycles. The Balaban J connectivity index is 2.26. The molecule has 2 rings (SSSR count). The van der Waals surface area contributed by atoms with Gasteiger partial charge >= 0.3 is 0 Å². The third-order valence-corrected chi connectivity index (χ3v) is 4.31. The highest BCUT2D eigenvalue weighted by Crippen LogP contribution is 2.29. The number of morpholine rings is 1. The Kier molecular flexibility index (Phi) is 5.47. The highest BCUT2D eigenvalue weighted by atomic mass is 79.9. The summed E-state index contributed by atoms with van der Waals surface area (Å²) in [7, 11) is 0. The number of hydrogen-bond acceptors (Lipinski definition) is 3. The molecule has 20 heavy (non-hydrogen) atoms. The maximum atomic E-state index is 6.14. The Bertz CT molecular complexity index is 442. The molecule has 3 atom stereocenters. The number of hydrogen-bond donors (Lipinski definition) is 1. The summed E-state index contributed by atoms with van der Waals surface area (Å²) in [5.74, 6) is 0. The van der Waals surface area contributed by atoms with Crippen LogP contribution in [0.25, 0.3) is 0 Å². The van der Waals surface area contributed by atoms with Crippen molar-refractivity contribution in [2.24, 2.45) is 5.73 Å². The second-order valence-corrected chi connectivity index (χ2v) is 6.72. The molecular weight excluding hydrogens is 316 g/mol. The van der Waals surface area contributed by atoms with E-state index in [2.05, 4.69) is 59.8 Å². The van der Waals surface area contributed by atoms with Crippen LogP contribution in [0.5, 0.6) is 0 Å². The molecule has 1 saturated heterocycles. The zero-order chi connectivity index (χ0) is 14.7. The van der Waals surface area contributed by atoms with Gasteiger partial charge in [-0.25, -0.2) is 0 Å². The summed E-state index contributed by atoms with van der Waals surface area (Å²) in [5.41, 5.74) is 8.77. The van der Waals surface area contributed by atoms with Gasteiger partial charge in [-0.1, -0.05) is 28.9 Å². The van der Waals surface area contributed by atoms with E-state index >= 15 is 0 Å². The third kappa shape index (κ3) is 3.96. The minimum Gasteiger partial charge on any atom is -0.372 e. The molecule has 1 aromatic rings. The molecule has 0 aromatic heterocycles. The Morgan fingerprint density at radius 3 is 2.60 bits per heavy atom. The average molecular weight is 341 g/mol. The lowest BCUT2D eigenvalue weighted by Gasteiger charge is -2.38. The van der Waals surface area contributed by atoms with Crippen LogP contribution in [0.2, 0.25) is 0 Å². The second-order valence-electron chi connectivity index (χ2n) is 5.81. The van der Waals surface area contributed by atoms with Crippen molar-refractivity contribution in [3.8, 4) is 0 Å². The standard InChI is InChI=1S/C16H25BrN2O/c1-4-15(18)7-13-5-6-14(17)8-16(13)19-9-11(2)20-12(3)10-19/h5-6,8,11-12,15H,4,7,9-10,18H2,1-3H3. The minimum atomic E-state index is 0.228. The zero-order valence-corrected chi connectivity index (χ0v) is 14.2. The molecule has 4 heteroatoms. The van der Waals surface area contributed by atoms with Gasteiger partial charge in [0, 0.05) is 29.3 Å². The number of ether oxygens (including phenoxy) is 1. The van der Waals surface area contributed by atoms with Crippen LogP contribution in [0.3, 0.4) is 0 Å². The van der Waals surface area contributed by atoms with Crippen molar-refractivity contribution in [1.82, 2.24) is 0 Å². The van der Waals surface area contributed by atoms with Crippen LogP contribution < -0.4 is 10.6 Å². The van der Waals surface area contributed by atoms with Crippen molar-refractivity contribution < 1.29 is 4.74 Å². The second kappa shape index (κ2) is 6.92. The molecule has 1 aliphatic rings. The maximum absolute atomic E-state index is 6.14. The first kappa shape index (κ1) is 15.8. The van der Waals surface area contributed by atoms with Crippen LogP contribution >= 0.6 is 15.9 Å². The molecule has 0 amide bonds. The maximum Gasteiger partial charge on any atom is 0.0726 e. The summed E-state index contributed by atoms with van der Waals surface area (Å²) in [6, 6.07) is 6.74. The molecule has 1 aromatic carbocycles. The first-order valence-electron chi connectivity index (χ1n) is 7.44. The van der Waals surface area contributed by atoms with Crippen LogP contribution in [-0.2, 0) is 11.2 Å². The van der Waals surface area contributed by atoms with Crippen LogP contribution in [0, 0.1) is 0 Å². The largest absolute Gasteiger partial charge is 0.372 e. The highest BCUT2D eigenvalue weighted by molar-refractivity contribution is 9.10. The number of anilines is 1.